The Kier molecular flexibility index (Phi) is 3.53. The van der Waals surface area contributed by atoms with Gasteiger partial charge in [-0.2, -0.15) is 5.10 Å². The lowest BCUT2D eigenvalue weighted by Gasteiger charge is -2.04. The molecule has 5 heteroatoms. The highest BCUT2D eigenvalue weighted by Crippen LogP contribution is 2.21. The first-order chi connectivity index (χ1) is 7.15. The maximum absolute atomic E-state index is 6.05. The number of aromatic nitrogens is 2. The summed E-state index contributed by atoms with van der Waals surface area (Å²) in [6.07, 6.45) is 3.76. The molecule has 0 fully saturated rings. The van der Waals surface area contributed by atoms with Crippen molar-refractivity contribution in [2.24, 2.45) is 0 Å². The van der Waals surface area contributed by atoms with Gasteiger partial charge in [-0.25, -0.2) is 0 Å². The first-order valence-corrected chi connectivity index (χ1v) is 6.10. The summed E-state index contributed by atoms with van der Waals surface area (Å²) in [5, 5.41) is 5.59. The number of halogens is 3. The summed E-state index contributed by atoms with van der Waals surface area (Å²) < 4.78 is 2.94. The van der Waals surface area contributed by atoms with Gasteiger partial charge < -0.3 is 0 Å². The summed E-state index contributed by atoms with van der Waals surface area (Å²) in [6.45, 7) is 0.641. The van der Waals surface area contributed by atoms with Crippen LogP contribution in [0.25, 0.3) is 0 Å². The molecule has 1 heterocycles. The third-order valence-electron chi connectivity index (χ3n) is 1.94. The second kappa shape index (κ2) is 4.72. The van der Waals surface area contributed by atoms with Gasteiger partial charge in [-0.15, -0.1) is 0 Å². The minimum atomic E-state index is 0.641. The second-order valence-corrected chi connectivity index (χ2v) is 5.18. The van der Waals surface area contributed by atoms with Crippen molar-refractivity contribution in [1.82, 2.24) is 9.78 Å². The molecule has 0 atom stereocenters. The zero-order valence-corrected chi connectivity index (χ0v) is 11.3. The van der Waals surface area contributed by atoms with Crippen molar-refractivity contribution < 1.29 is 0 Å². The van der Waals surface area contributed by atoms with Crippen LogP contribution in [0.5, 0.6) is 0 Å². The van der Waals surface area contributed by atoms with Crippen molar-refractivity contribution in [3.63, 3.8) is 0 Å². The van der Waals surface area contributed by atoms with Crippen LogP contribution >= 0.6 is 45.8 Å². The Balaban J connectivity index is 2.27. The fraction of sp³-hybridized carbons (Fsp3) is 0.100. The highest BCUT2D eigenvalue weighted by Gasteiger charge is 2.03. The summed E-state index contributed by atoms with van der Waals surface area (Å²) in [4.78, 5) is 0. The third kappa shape index (κ3) is 2.86. The molecular weight excluding hydrogens is 346 g/mol. The minimum absolute atomic E-state index is 0.641. The minimum Gasteiger partial charge on any atom is -0.267 e. The van der Waals surface area contributed by atoms with Gasteiger partial charge in [-0.05, 0) is 46.4 Å². The predicted octanol–water partition coefficient (Wildman–Crippen LogP) is 3.84. The first-order valence-electron chi connectivity index (χ1n) is 4.27. The van der Waals surface area contributed by atoms with E-state index in [0.717, 1.165) is 9.13 Å². The Bertz CT molecular complexity index is 482. The average molecular weight is 353 g/mol. The van der Waals surface area contributed by atoms with Gasteiger partial charge in [0.1, 0.15) is 0 Å². The van der Waals surface area contributed by atoms with Gasteiger partial charge in [-0.3, -0.25) is 4.68 Å². The van der Waals surface area contributed by atoms with E-state index >= 15 is 0 Å². The SMILES string of the molecule is Clc1ccc(Cl)c(Cn2cc(I)cn2)c1. The topological polar surface area (TPSA) is 17.8 Å². The van der Waals surface area contributed by atoms with Crippen molar-refractivity contribution in [1.29, 1.82) is 0 Å². The van der Waals surface area contributed by atoms with Gasteiger partial charge in [0.25, 0.3) is 0 Å². The van der Waals surface area contributed by atoms with Crippen LogP contribution in [0.2, 0.25) is 10.0 Å². The molecule has 2 rings (SSSR count). The van der Waals surface area contributed by atoms with E-state index in [9.17, 15) is 0 Å². The molecule has 0 saturated heterocycles. The van der Waals surface area contributed by atoms with Gasteiger partial charge in [0, 0.05) is 16.2 Å². The molecular formula is C10H7Cl2IN2. The molecule has 0 saturated carbocycles. The summed E-state index contributed by atoms with van der Waals surface area (Å²) in [6, 6.07) is 5.44. The smallest absolute Gasteiger partial charge is 0.0674 e. The fourth-order valence-electron chi connectivity index (χ4n) is 1.26. The number of benzene rings is 1. The molecule has 0 N–H and O–H groups in total. The average Bonchev–Trinajstić information content (AvgIpc) is 2.58. The van der Waals surface area contributed by atoms with E-state index in [4.69, 9.17) is 23.2 Å². The Morgan fingerprint density at radius 3 is 2.80 bits per heavy atom. The van der Waals surface area contributed by atoms with E-state index in [2.05, 4.69) is 27.7 Å². The lowest BCUT2D eigenvalue weighted by molar-refractivity contribution is 0.687. The van der Waals surface area contributed by atoms with E-state index in [0.29, 0.717) is 16.6 Å². The van der Waals surface area contributed by atoms with Gasteiger partial charge in [0.15, 0.2) is 0 Å². The Labute approximate surface area is 111 Å². The normalized spacial score (nSPS) is 10.6. The van der Waals surface area contributed by atoms with Crippen LogP contribution in [0.15, 0.2) is 30.6 Å². The highest BCUT2D eigenvalue weighted by molar-refractivity contribution is 14.1. The van der Waals surface area contributed by atoms with Crippen LogP contribution in [0.3, 0.4) is 0 Å². The molecule has 78 valence electrons. The van der Waals surface area contributed by atoms with Crippen molar-refractivity contribution in [3.8, 4) is 0 Å². The Hall–Kier alpha value is -0.260. The molecule has 0 unspecified atom stereocenters. The van der Waals surface area contributed by atoms with Crippen LogP contribution in [0.4, 0.5) is 0 Å². The van der Waals surface area contributed by atoms with E-state index in [1.807, 2.05) is 16.9 Å². The molecule has 0 radical (unpaired) electrons. The Morgan fingerprint density at radius 1 is 1.33 bits per heavy atom. The summed E-state index contributed by atoms with van der Waals surface area (Å²) in [5.41, 5.74) is 0.976. The van der Waals surface area contributed by atoms with E-state index < -0.39 is 0 Å². The van der Waals surface area contributed by atoms with E-state index in [-0.39, 0.29) is 0 Å². The highest BCUT2D eigenvalue weighted by atomic mass is 127. The summed E-state index contributed by atoms with van der Waals surface area (Å²) in [5.74, 6) is 0. The molecule has 0 amide bonds. The monoisotopic (exact) mass is 352 g/mol. The molecule has 15 heavy (non-hydrogen) atoms. The Morgan fingerprint density at radius 2 is 2.13 bits per heavy atom. The number of hydrogen-bond donors (Lipinski definition) is 0. The zero-order valence-electron chi connectivity index (χ0n) is 7.62. The van der Waals surface area contributed by atoms with Crippen molar-refractivity contribution in [2.45, 2.75) is 6.54 Å². The van der Waals surface area contributed by atoms with Gasteiger partial charge in [0.2, 0.25) is 0 Å². The van der Waals surface area contributed by atoms with Gasteiger partial charge >= 0.3 is 0 Å². The molecule has 0 aliphatic rings. The maximum Gasteiger partial charge on any atom is 0.0674 e. The molecule has 0 aliphatic carbocycles. The lowest BCUT2D eigenvalue weighted by atomic mass is 10.2. The first kappa shape index (κ1) is 11.2. The fourth-order valence-corrected chi connectivity index (χ4v) is 2.08. The predicted molar refractivity (Wildman–Crippen MR) is 70.5 cm³/mol. The number of rotatable bonds is 2. The number of hydrogen-bond acceptors (Lipinski definition) is 1. The van der Waals surface area contributed by atoms with Gasteiger partial charge in [-0.1, -0.05) is 23.2 Å². The lowest BCUT2D eigenvalue weighted by Crippen LogP contribution is -2.00. The van der Waals surface area contributed by atoms with Crippen molar-refractivity contribution >= 4 is 45.8 Å². The van der Waals surface area contributed by atoms with Crippen LogP contribution in [-0.2, 0) is 6.54 Å². The molecule has 1 aromatic carbocycles. The van der Waals surface area contributed by atoms with E-state index in [1.165, 1.54) is 0 Å². The molecule has 0 aliphatic heterocycles. The second-order valence-electron chi connectivity index (χ2n) is 3.09. The van der Waals surface area contributed by atoms with Crippen LogP contribution in [0.1, 0.15) is 5.56 Å². The van der Waals surface area contributed by atoms with Gasteiger partial charge in [0.05, 0.1) is 16.3 Å². The third-order valence-corrected chi connectivity index (χ3v) is 3.10. The molecule has 0 spiro atoms. The standard InChI is InChI=1S/C10H7Cl2IN2/c11-8-1-2-10(12)7(3-8)5-15-6-9(13)4-14-15/h1-4,6H,5H2. The van der Waals surface area contributed by atoms with Crippen LogP contribution in [0, 0.1) is 3.57 Å². The summed E-state index contributed by atoms with van der Waals surface area (Å²) >= 11 is 14.2. The quantitative estimate of drug-likeness (QED) is 0.751. The van der Waals surface area contributed by atoms with Crippen molar-refractivity contribution in [2.75, 3.05) is 0 Å². The zero-order chi connectivity index (χ0) is 10.8. The largest absolute Gasteiger partial charge is 0.267 e. The molecule has 0 bridgehead atoms. The molecule has 2 nitrogen and oxygen atoms in total. The molecule has 2 aromatic rings. The van der Waals surface area contributed by atoms with Crippen molar-refractivity contribution in [3.05, 3.63) is 49.8 Å². The van der Waals surface area contributed by atoms with E-state index in [1.54, 1.807) is 18.3 Å². The number of nitrogens with zero attached hydrogens (tertiary/aromatic N) is 2. The van der Waals surface area contributed by atoms with Crippen LogP contribution < -0.4 is 0 Å². The van der Waals surface area contributed by atoms with Crippen LogP contribution in [-0.4, -0.2) is 9.78 Å². The molecule has 1 aromatic heterocycles. The summed E-state index contributed by atoms with van der Waals surface area (Å²) in [7, 11) is 0. The maximum atomic E-state index is 6.05.